The topological polar surface area (TPSA) is 56.5 Å². The highest BCUT2D eigenvalue weighted by Crippen LogP contribution is 2.21. The van der Waals surface area contributed by atoms with Crippen LogP contribution in [-0.2, 0) is 4.74 Å². The van der Waals surface area contributed by atoms with Gasteiger partial charge in [0.2, 0.25) is 0 Å². The van der Waals surface area contributed by atoms with Crippen LogP contribution in [0, 0.1) is 17.2 Å². The van der Waals surface area contributed by atoms with E-state index >= 15 is 0 Å². The Morgan fingerprint density at radius 3 is 2.85 bits per heavy atom. The number of aliphatic hydroxyl groups excluding tert-OH is 1. The Morgan fingerprint density at radius 1 is 1.45 bits per heavy atom. The molecule has 1 saturated heterocycles. The fourth-order valence-electron chi connectivity index (χ4n) is 2.82. The van der Waals surface area contributed by atoms with Crippen molar-refractivity contribution < 1.29 is 9.84 Å². The quantitative estimate of drug-likeness (QED) is 0.891. The highest BCUT2D eigenvalue weighted by atomic mass is 16.5. The van der Waals surface area contributed by atoms with E-state index in [1.54, 1.807) is 19.2 Å². The van der Waals surface area contributed by atoms with Crippen LogP contribution in [0.2, 0.25) is 0 Å². The summed E-state index contributed by atoms with van der Waals surface area (Å²) in [5.74, 6) is 0.571. The lowest BCUT2D eigenvalue weighted by molar-refractivity contribution is 0.0563. The summed E-state index contributed by atoms with van der Waals surface area (Å²) in [5.41, 5.74) is 1.50. The third-order valence-electron chi connectivity index (χ3n) is 3.86. The van der Waals surface area contributed by atoms with Crippen LogP contribution in [0.25, 0.3) is 0 Å². The van der Waals surface area contributed by atoms with Crippen LogP contribution in [0.5, 0.6) is 0 Å². The molecule has 1 aliphatic rings. The van der Waals surface area contributed by atoms with Crippen molar-refractivity contribution in [1.29, 1.82) is 5.26 Å². The summed E-state index contributed by atoms with van der Waals surface area (Å²) in [4.78, 5) is 2.30. The molecule has 0 aromatic heterocycles. The molecule has 2 unspecified atom stereocenters. The second kappa shape index (κ2) is 7.39. The lowest BCUT2D eigenvalue weighted by atomic mass is 9.98. The lowest BCUT2D eigenvalue weighted by Gasteiger charge is -2.33. The molecule has 0 amide bonds. The van der Waals surface area contributed by atoms with Gasteiger partial charge in [0, 0.05) is 20.2 Å². The summed E-state index contributed by atoms with van der Waals surface area (Å²) in [6.07, 6.45) is 1.87. The summed E-state index contributed by atoms with van der Waals surface area (Å²) in [5, 5.41) is 19.1. The number of hydrogen-bond donors (Lipinski definition) is 1. The highest BCUT2D eigenvalue weighted by Gasteiger charge is 2.22. The maximum atomic E-state index is 10.3. The molecule has 1 aliphatic heterocycles. The highest BCUT2D eigenvalue weighted by molar-refractivity contribution is 5.32. The predicted molar refractivity (Wildman–Crippen MR) is 77.2 cm³/mol. The molecule has 2 atom stereocenters. The third kappa shape index (κ3) is 4.04. The molecule has 4 nitrogen and oxygen atoms in total. The monoisotopic (exact) mass is 274 g/mol. The first-order chi connectivity index (χ1) is 9.72. The lowest BCUT2D eigenvalue weighted by Crippen LogP contribution is -2.39. The summed E-state index contributed by atoms with van der Waals surface area (Å²) < 4.78 is 5.22. The molecule has 0 aliphatic carbocycles. The Morgan fingerprint density at radius 2 is 2.20 bits per heavy atom. The zero-order valence-corrected chi connectivity index (χ0v) is 12.0. The molecule has 0 spiro atoms. The molecule has 1 fully saturated rings. The van der Waals surface area contributed by atoms with Crippen LogP contribution in [0.3, 0.4) is 0 Å². The minimum Gasteiger partial charge on any atom is -0.387 e. The first kappa shape index (κ1) is 15.0. The number of benzene rings is 1. The van der Waals surface area contributed by atoms with Gasteiger partial charge in [-0.05, 0) is 43.0 Å². The molecular formula is C16H22N2O2. The molecule has 2 rings (SSSR count). The van der Waals surface area contributed by atoms with Crippen LogP contribution in [0.15, 0.2) is 24.3 Å². The molecule has 1 N–H and O–H groups in total. The normalized spacial score (nSPS) is 21.4. The number of ether oxygens (including phenoxy) is 1. The molecule has 20 heavy (non-hydrogen) atoms. The van der Waals surface area contributed by atoms with E-state index < -0.39 is 6.10 Å². The third-order valence-corrected chi connectivity index (χ3v) is 3.86. The number of aliphatic hydroxyl groups is 1. The Balaban J connectivity index is 1.89. The molecule has 1 aromatic carbocycles. The Labute approximate surface area is 120 Å². The predicted octanol–water partition coefficient (Wildman–Crippen LogP) is 1.95. The fourth-order valence-corrected chi connectivity index (χ4v) is 2.82. The van der Waals surface area contributed by atoms with Gasteiger partial charge < -0.3 is 14.7 Å². The van der Waals surface area contributed by atoms with Crippen molar-refractivity contribution in [3.8, 4) is 6.07 Å². The average Bonchev–Trinajstić information content (AvgIpc) is 2.48. The van der Waals surface area contributed by atoms with Crippen molar-refractivity contribution in [2.24, 2.45) is 5.92 Å². The van der Waals surface area contributed by atoms with Gasteiger partial charge >= 0.3 is 0 Å². The molecule has 4 heteroatoms. The van der Waals surface area contributed by atoms with Gasteiger partial charge in [-0.3, -0.25) is 0 Å². The number of piperidine rings is 1. The zero-order valence-electron chi connectivity index (χ0n) is 12.0. The van der Waals surface area contributed by atoms with Gasteiger partial charge in [-0.1, -0.05) is 12.1 Å². The van der Waals surface area contributed by atoms with Gasteiger partial charge in [-0.15, -0.1) is 0 Å². The van der Waals surface area contributed by atoms with E-state index in [1.807, 2.05) is 12.1 Å². The van der Waals surface area contributed by atoms with Gasteiger partial charge in [-0.25, -0.2) is 0 Å². The minimum atomic E-state index is -0.496. The summed E-state index contributed by atoms with van der Waals surface area (Å²) in [6, 6.07) is 9.26. The zero-order chi connectivity index (χ0) is 14.4. The van der Waals surface area contributed by atoms with Crippen LogP contribution in [-0.4, -0.2) is 43.4 Å². The van der Waals surface area contributed by atoms with E-state index in [1.165, 1.54) is 6.42 Å². The second-order valence-electron chi connectivity index (χ2n) is 5.47. The molecule has 0 saturated carbocycles. The van der Waals surface area contributed by atoms with E-state index in [9.17, 15) is 5.11 Å². The molecular weight excluding hydrogens is 252 g/mol. The van der Waals surface area contributed by atoms with Gasteiger partial charge in [0.1, 0.15) is 0 Å². The number of β-amino-alcohol motifs (C(OH)–C–C–N with tert-alkyl or cyclic N) is 1. The van der Waals surface area contributed by atoms with Crippen molar-refractivity contribution >= 4 is 0 Å². The summed E-state index contributed by atoms with van der Waals surface area (Å²) in [7, 11) is 1.74. The fraction of sp³-hybridized carbons (Fsp3) is 0.562. The van der Waals surface area contributed by atoms with Crippen molar-refractivity contribution in [3.63, 3.8) is 0 Å². The van der Waals surface area contributed by atoms with Crippen LogP contribution < -0.4 is 0 Å². The van der Waals surface area contributed by atoms with Crippen molar-refractivity contribution in [2.75, 3.05) is 33.4 Å². The summed E-state index contributed by atoms with van der Waals surface area (Å²) >= 11 is 0. The van der Waals surface area contributed by atoms with Crippen LogP contribution in [0.4, 0.5) is 0 Å². The van der Waals surface area contributed by atoms with E-state index in [0.717, 1.165) is 31.7 Å². The van der Waals surface area contributed by atoms with Crippen molar-refractivity contribution in [2.45, 2.75) is 18.9 Å². The second-order valence-corrected chi connectivity index (χ2v) is 5.47. The number of rotatable bonds is 5. The molecule has 0 bridgehead atoms. The number of methoxy groups -OCH3 is 1. The standard InChI is InChI=1S/C16H22N2O2/c1-20-12-14-3-2-8-18(10-14)11-16(19)15-6-4-13(9-17)5-7-15/h4-7,14,16,19H,2-3,8,10-12H2,1H3. The van der Waals surface area contributed by atoms with Crippen molar-refractivity contribution in [1.82, 2.24) is 4.90 Å². The Hall–Kier alpha value is -1.41. The summed E-state index contributed by atoms with van der Waals surface area (Å²) in [6.45, 7) is 3.46. The number of likely N-dealkylation sites (tertiary alicyclic amines) is 1. The molecule has 1 aromatic rings. The van der Waals surface area contributed by atoms with E-state index in [-0.39, 0.29) is 0 Å². The van der Waals surface area contributed by atoms with Crippen molar-refractivity contribution in [3.05, 3.63) is 35.4 Å². The van der Waals surface area contributed by atoms with E-state index in [4.69, 9.17) is 10.00 Å². The maximum Gasteiger partial charge on any atom is 0.0991 e. The van der Waals surface area contributed by atoms with Gasteiger partial charge in [0.25, 0.3) is 0 Å². The SMILES string of the molecule is COCC1CCCN(CC(O)c2ccc(C#N)cc2)C1. The molecule has 1 heterocycles. The molecule has 108 valence electrons. The first-order valence-corrected chi connectivity index (χ1v) is 7.12. The Kier molecular flexibility index (Phi) is 5.54. The smallest absolute Gasteiger partial charge is 0.0991 e. The number of nitriles is 1. The number of nitrogens with zero attached hydrogens (tertiary/aromatic N) is 2. The van der Waals surface area contributed by atoms with E-state index in [0.29, 0.717) is 18.0 Å². The first-order valence-electron chi connectivity index (χ1n) is 7.12. The largest absolute Gasteiger partial charge is 0.387 e. The average molecular weight is 274 g/mol. The number of hydrogen-bond acceptors (Lipinski definition) is 4. The van der Waals surface area contributed by atoms with Gasteiger partial charge in [0.05, 0.1) is 24.3 Å². The maximum absolute atomic E-state index is 10.3. The van der Waals surface area contributed by atoms with Crippen LogP contribution in [0.1, 0.15) is 30.1 Å². The minimum absolute atomic E-state index is 0.496. The Bertz CT molecular complexity index is 451. The van der Waals surface area contributed by atoms with E-state index in [2.05, 4.69) is 11.0 Å². The van der Waals surface area contributed by atoms with Crippen LogP contribution >= 0.6 is 0 Å². The van der Waals surface area contributed by atoms with Gasteiger partial charge in [-0.2, -0.15) is 5.26 Å². The van der Waals surface area contributed by atoms with Gasteiger partial charge in [0.15, 0.2) is 0 Å². The molecule has 0 radical (unpaired) electrons.